The second-order valence-electron chi connectivity index (χ2n) is 3.20. The number of anilines is 1. The number of alkyl halides is 3. The van der Waals surface area contributed by atoms with Gasteiger partial charge in [0.05, 0.1) is 22.1 Å². The fourth-order valence-electron chi connectivity index (χ4n) is 1.20. The Kier molecular flexibility index (Phi) is 3.73. The molecule has 0 aliphatic rings. The molecule has 0 aromatic heterocycles. The first kappa shape index (κ1) is 14.4. The standard InChI is InChI=1S/C9H5F3N2O5/c10-9(11,12)8(17)13-4-2-1-3-5(14(18)19)6(4)7(15)16/h1-3H,(H,13,17)(H,15,16)/p-1. The summed E-state index contributed by atoms with van der Waals surface area (Å²) in [6.45, 7) is 0. The van der Waals surface area contributed by atoms with Crippen LogP contribution in [0.15, 0.2) is 18.2 Å². The van der Waals surface area contributed by atoms with E-state index in [1.807, 2.05) is 0 Å². The van der Waals surface area contributed by atoms with Crippen molar-refractivity contribution in [1.82, 2.24) is 0 Å². The smallest absolute Gasteiger partial charge is 0.471 e. The zero-order chi connectivity index (χ0) is 14.8. The Labute approximate surface area is 102 Å². The Morgan fingerprint density at radius 2 is 1.84 bits per heavy atom. The van der Waals surface area contributed by atoms with Crippen molar-refractivity contribution in [3.8, 4) is 0 Å². The number of carboxylic acids is 1. The lowest BCUT2D eigenvalue weighted by atomic mass is 10.1. The first-order chi connectivity index (χ1) is 8.64. The molecule has 0 radical (unpaired) electrons. The van der Waals surface area contributed by atoms with Gasteiger partial charge in [0, 0.05) is 6.07 Å². The van der Waals surface area contributed by atoms with Gasteiger partial charge in [-0.2, -0.15) is 13.2 Å². The number of halogens is 3. The van der Waals surface area contributed by atoms with Crippen LogP contribution in [-0.2, 0) is 4.79 Å². The predicted octanol–water partition coefficient (Wildman–Crippen LogP) is 0.459. The highest BCUT2D eigenvalue weighted by atomic mass is 19.4. The van der Waals surface area contributed by atoms with Gasteiger partial charge in [-0.15, -0.1) is 0 Å². The molecule has 102 valence electrons. The van der Waals surface area contributed by atoms with Crippen LogP contribution in [-0.4, -0.2) is 23.0 Å². The Hall–Kier alpha value is -2.65. The summed E-state index contributed by atoms with van der Waals surface area (Å²) in [6.07, 6.45) is -5.26. The first-order valence-electron chi connectivity index (χ1n) is 4.51. The van der Waals surface area contributed by atoms with Gasteiger partial charge in [0.2, 0.25) is 0 Å². The van der Waals surface area contributed by atoms with E-state index < -0.39 is 39.9 Å². The average molecular weight is 277 g/mol. The minimum absolute atomic E-state index is 0.758. The number of aromatic carboxylic acids is 1. The molecule has 1 aromatic carbocycles. The van der Waals surface area contributed by atoms with Crippen LogP contribution in [0.5, 0.6) is 0 Å². The molecular weight excluding hydrogens is 273 g/mol. The van der Waals surface area contributed by atoms with E-state index >= 15 is 0 Å². The molecule has 7 nitrogen and oxygen atoms in total. The van der Waals surface area contributed by atoms with Crippen molar-refractivity contribution in [3.05, 3.63) is 33.9 Å². The minimum Gasteiger partial charge on any atom is -0.544 e. The number of benzene rings is 1. The maximum Gasteiger partial charge on any atom is 0.471 e. The number of carbonyl (C=O) groups excluding carboxylic acids is 2. The summed E-state index contributed by atoms with van der Waals surface area (Å²) < 4.78 is 36.1. The second kappa shape index (κ2) is 4.92. The topological polar surface area (TPSA) is 112 Å². The number of amides is 1. The molecule has 0 unspecified atom stereocenters. The van der Waals surface area contributed by atoms with E-state index in [2.05, 4.69) is 0 Å². The number of nitrogens with one attached hydrogen (secondary N) is 1. The molecule has 10 heteroatoms. The molecule has 0 atom stereocenters. The van der Waals surface area contributed by atoms with Gasteiger partial charge in [0.15, 0.2) is 0 Å². The number of hydrogen-bond acceptors (Lipinski definition) is 5. The van der Waals surface area contributed by atoms with Crippen LogP contribution in [0.3, 0.4) is 0 Å². The van der Waals surface area contributed by atoms with Gasteiger partial charge in [-0.3, -0.25) is 14.9 Å². The maximum absolute atomic E-state index is 12.0. The van der Waals surface area contributed by atoms with Crippen LogP contribution in [0.2, 0.25) is 0 Å². The summed E-state index contributed by atoms with van der Waals surface area (Å²) in [5.41, 5.74) is -2.98. The minimum atomic E-state index is -5.26. The molecule has 0 spiro atoms. The third kappa shape index (κ3) is 3.18. The zero-order valence-electron chi connectivity index (χ0n) is 8.85. The van der Waals surface area contributed by atoms with E-state index in [-0.39, 0.29) is 0 Å². The van der Waals surface area contributed by atoms with E-state index in [9.17, 15) is 38.0 Å². The Morgan fingerprint density at radius 1 is 1.26 bits per heavy atom. The molecule has 0 fully saturated rings. The third-order valence-electron chi connectivity index (χ3n) is 1.95. The molecule has 0 aliphatic carbocycles. The third-order valence-corrected chi connectivity index (χ3v) is 1.95. The Balaban J connectivity index is 3.29. The lowest BCUT2D eigenvalue weighted by Crippen LogP contribution is -2.32. The van der Waals surface area contributed by atoms with Crippen molar-refractivity contribution < 1.29 is 32.8 Å². The summed E-state index contributed by atoms with van der Waals surface area (Å²) in [4.78, 5) is 30.8. The van der Waals surface area contributed by atoms with Crippen molar-refractivity contribution in [2.24, 2.45) is 0 Å². The van der Waals surface area contributed by atoms with Gasteiger partial charge >= 0.3 is 12.1 Å². The normalized spacial score (nSPS) is 10.9. The van der Waals surface area contributed by atoms with Crippen LogP contribution in [0.25, 0.3) is 0 Å². The number of hydrogen-bond donors (Lipinski definition) is 1. The molecule has 0 bridgehead atoms. The monoisotopic (exact) mass is 277 g/mol. The zero-order valence-corrected chi connectivity index (χ0v) is 8.85. The first-order valence-corrected chi connectivity index (χ1v) is 4.51. The molecule has 0 heterocycles. The highest BCUT2D eigenvalue weighted by Gasteiger charge is 2.39. The van der Waals surface area contributed by atoms with Gasteiger partial charge in [0.25, 0.3) is 5.69 Å². The summed E-state index contributed by atoms with van der Waals surface area (Å²) in [7, 11) is 0. The number of rotatable bonds is 3. The SMILES string of the molecule is O=C([O-])c1c(NC(=O)C(F)(F)F)cccc1[N+](=O)[O-]. The van der Waals surface area contributed by atoms with Crippen molar-refractivity contribution >= 4 is 23.3 Å². The maximum atomic E-state index is 12.0. The highest BCUT2D eigenvalue weighted by Crippen LogP contribution is 2.27. The Bertz CT molecular complexity index is 555. The van der Waals surface area contributed by atoms with Crippen molar-refractivity contribution in [2.75, 3.05) is 5.32 Å². The Morgan fingerprint density at radius 3 is 2.26 bits per heavy atom. The number of carbonyl (C=O) groups is 2. The second-order valence-corrected chi connectivity index (χ2v) is 3.20. The molecule has 19 heavy (non-hydrogen) atoms. The van der Waals surface area contributed by atoms with Crippen LogP contribution in [0, 0.1) is 10.1 Å². The van der Waals surface area contributed by atoms with Crippen molar-refractivity contribution in [2.45, 2.75) is 6.18 Å². The number of carboxylic acid groups (broad SMARTS) is 1. The predicted molar refractivity (Wildman–Crippen MR) is 52.1 cm³/mol. The van der Waals surface area contributed by atoms with Crippen LogP contribution >= 0.6 is 0 Å². The summed E-state index contributed by atoms with van der Waals surface area (Å²) in [6, 6.07) is 2.46. The number of nitrogens with zero attached hydrogens (tertiary/aromatic N) is 1. The van der Waals surface area contributed by atoms with Crippen molar-refractivity contribution in [3.63, 3.8) is 0 Å². The molecule has 0 saturated heterocycles. The average Bonchev–Trinajstić information content (AvgIpc) is 2.26. The van der Waals surface area contributed by atoms with Crippen LogP contribution in [0.1, 0.15) is 10.4 Å². The van der Waals surface area contributed by atoms with Crippen LogP contribution in [0.4, 0.5) is 24.5 Å². The molecular formula is C9H4F3N2O5-. The quantitative estimate of drug-likeness (QED) is 0.637. The largest absolute Gasteiger partial charge is 0.544 e. The van der Waals surface area contributed by atoms with Gasteiger partial charge in [0.1, 0.15) is 0 Å². The number of nitro benzene ring substituents is 1. The summed E-state index contributed by atoms with van der Waals surface area (Å²) in [5, 5.41) is 22.5. The summed E-state index contributed by atoms with van der Waals surface area (Å²) >= 11 is 0. The van der Waals surface area contributed by atoms with E-state index in [0.29, 0.717) is 0 Å². The molecule has 1 aromatic rings. The molecule has 1 N–H and O–H groups in total. The molecule has 0 saturated carbocycles. The van der Waals surface area contributed by atoms with E-state index in [1.165, 1.54) is 5.32 Å². The molecule has 0 aliphatic heterocycles. The number of nitro groups is 1. The van der Waals surface area contributed by atoms with E-state index in [0.717, 1.165) is 18.2 Å². The lowest BCUT2D eigenvalue weighted by molar-refractivity contribution is -0.385. The van der Waals surface area contributed by atoms with Gasteiger partial charge in [-0.05, 0) is 6.07 Å². The van der Waals surface area contributed by atoms with E-state index in [1.54, 1.807) is 0 Å². The van der Waals surface area contributed by atoms with Crippen molar-refractivity contribution in [1.29, 1.82) is 0 Å². The van der Waals surface area contributed by atoms with Gasteiger partial charge in [-0.25, -0.2) is 0 Å². The summed E-state index contributed by atoms with van der Waals surface area (Å²) in [5.74, 6) is -4.53. The highest BCUT2D eigenvalue weighted by molar-refractivity contribution is 6.04. The van der Waals surface area contributed by atoms with Gasteiger partial charge < -0.3 is 15.2 Å². The lowest BCUT2D eigenvalue weighted by Gasteiger charge is -2.13. The molecule has 1 amide bonds. The fraction of sp³-hybridized carbons (Fsp3) is 0.111. The van der Waals surface area contributed by atoms with Crippen LogP contribution < -0.4 is 10.4 Å². The molecule has 1 rings (SSSR count). The van der Waals surface area contributed by atoms with Gasteiger partial charge in [-0.1, -0.05) is 6.07 Å². The fourth-order valence-corrected chi connectivity index (χ4v) is 1.20. The van der Waals surface area contributed by atoms with E-state index in [4.69, 9.17) is 0 Å².